The van der Waals surface area contributed by atoms with Gasteiger partial charge < -0.3 is 15.5 Å². The molecule has 2 atom stereocenters. The van der Waals surface area contributed by atoms with Gasteiger partial charge in [-0.3, -0.25) is 0 Å². The highest BCUT2D eigenvalue weighted by Crippen LogP contribution is 2.16. The van der Waals surface area contributed by atoms with Crippen molar-refractivity contribution in [3.05, 3.63) is 0 Å². The van der Waals surface area contributed by atoms with E-state index < -0.39 is 0 Å². The Hall–Kier alpha value is -0.120. The molecule has 0 spiro atoms. The average molecular weight is 145 g/mol. The quantitative estimate of drug-likeness (QED) is 0.494. The summed E-state index contributed by atoms with van der Waals surface area (Å²) in [5.74, 6) is 0.571. The summed E-state index contributed by atoms with van der Waals surface area (Å²) < 4.78 is 0. The van der Waals surface area contributed by atoms with Crippen molar-refractivity contribution >= 4 is 0 Å². The zero-order valence-electron chi connectivity index (χ0n) is 6.08. The van der Waals surface area contributed by atoms with Gasteiger partial charge in [-0.2, -0.15) is 0 Å². The summed E-state index contributed by atoms with van der Waals surface area (Å²) in [5.41, 5.74) is 0. The summed E-state index contributed by atoms with van der Waals surface area (Å²) in [7, 11) is 0. The van der Waals surface area contributed by atoms with Crippen LogP contribution in [0.1, 0.15) is 12.8 Å². The number of hydrogen-bond donors (Lipinski definition) is 3. The Morgan fingerprint density at radius 1 is 1.40 bits per heavy atom. The van der Waals surface area contributed by atoms with E-state index >= 15 is 0 Å². The van der Waals surface area contributed by atoms with Gasteiger partial charge in [0, 0.05) is 12.6 Å². The molecule has 10 heavy (non-hydrogen) atoms. The van der Waals surface area contributed by atoms with E-state index in [4.69, 9.17) is 10.2 Å². The molecule has 0 bridgehead atoms. The molecule has 0 aliphatic carbocycles. The van der Waals surface area contributed by atoms with Crippen LogP contribution in [-0.4, -0.2) is 36.0 Å². The SMILES string of the molecule is OCCC1CNC(CO)C1. The lowest BCUT2D eigenvalue weighted by molar-refractivity contribution is 0.242. The third-order valence-electron chi connectivity index (χ3n) is 2.07. The van der Waals surface area contributed by atoms with E-state index in [0.29, 0.717) is 5.92 Å². The van der Waals surface area contributed by atoms with Crippen molar-refractivity contribution in [1.82, 2.24) is 5.32 Å². The van der Waals surface area contributed by atoms with Gasteiger partial charge in [-0.1, -0.05) is 0 Å². The first kappa shape index (κ1) is 7.98. The van der Waals surface area contributed by atoms with Gasteiger partial charge in [0.1, 0.15) is 0 Å². The number of rotatable bonds is 3. The van der Waals surface area contributed by atoms with Gasteiger partial charge in [0.2, 0.25) is 0 Å². The number of aliphatic hydroxyl groups excluding tert-OH is 2. The van der Waals surface area contributed by atoms with Crippen LogP contribution >= 0.6 is 0 Å². The number of hydrogen-bond acceptors (Lipinski definition) is 3. The number of nitrogens with one attached hydrogen (secondary N) is 1. The van der Waals surface area contributed by atoms with Crippen molar-refractivity contribution in [2.45, 2.75) is 18.9 Å². The Morgan fingerprint density at radius 3 is 2.70 bits per heavy atom. The summed E-state index contributed by atoms with van der Waals surface area (Å²) >= 11 is 0. The highest BCUT2D eigenvalue weighted by atomic mass is 16.3. The molecule has 0 radical (unpaired) electrons. The lowest BCUT2D eigenvalue weighted by Gasteiger charge is -2.04. The second-order valence-electron chi connectivity index (χ2n) is 2.90. The standard InChI is InChI=1S/C7H15NO2/c9-2-1-6-3-7(5-10)8-4-6/h6-10H,1-5H2. The third kappa shape index (κ3) is 1.94. The topological polar surface area (TPSA) is 52.5 Å². The molecular weight excluding hydrogens is 130 g/mol. The van der Waals surface area contributed by atoms with Crippen LogP contribution in [0.3, 0.4) is 0 Å². The minimum atomic E-state index is 0.224. The Bertz CT molecular complexity index is 97.6. The number of aliphatic hydroxyl groups is 2. The van der Waals surface area contributed by atoms with Gasteiger partial charge in [0.25, 0.3) is 0 Å². The van der Waals surface area contributed by atoms with Crippen LogP contribution in [0.15, 0.2) is 0 Å². The van der Waals surface area contributed by atoms with E-state index in [0.717, 1.165) is 19.4 Å². The van der Waals surface area contributed by atoms with E-state index in [2.05, 4.69) is 5.32 Å². The molecule has 1 heterocycles. The molecule has 2 unspecified atom stereocenters. The van der Waals surface area contributed by atoms with Crippen molar-refractivity contribution in [2.24, 2.45) is 5.92 Å². The normalized spacial score (nSPS) is 33.0. The Balaban J connectivity index is 2.15. The van der Waals surface area contributed by atoms with Gasteiger partial charge in [0.15, 0.2) is 0 Å². The van der Waals surface area contributed by atoms with Crippen molar-refractivity contribution in [2.75, 3.05) is 19.8 Å². The molecule has 1 saturated heterocycles. The monoisotopic (exact) mass is 145 g/mol. The molecule has 0 saturated carbocycles. The van der Waals surface area contributed by atoms with Gasteiger partial charge >= 0.3 is 0 Å². The minimum Gasteiger partial charge on any atom is -0.396 e. The van der Waals surface area contributed by atoms with Crippen LogP contribution < -0.4 is 5.32 Å². The van der Waals surface area contributed by atoms with Gasteiger partial charge in [-0.15, -0.1) is 0 Å². The Kier molecular flexibility index (Phi) is 3.12. The molecule has 0 amide bonds. The van der Waals surface area contributed by atoms with Crippen LogP contribution in [0.5, 0.6) is 0 Å². The van der Waals surface area contributed by atoms with Crippen molar-refractivity contribution in [3.8, 4) is 0 Å². The Labute approximate surface area is 61.1 Å². The fourth-order valence-corrected chi connectivity index (χ4v) is 1.44. The molecule has 3 heteroatoms. The van der Waals surface area contributed by atoms with E-state index in [1.54, 1.807) is 0 Å². The highest BCUT2D eigenvalue weighted by molar-refractivity contribution is 4.80. The highest BCUT2D eigenvalue weighted by Gasteiger charge is 2.22. The third-order valence-corrected chi connectivity index (χ3v) is 2.07. The lowest BCUT2D eigenvalue weighted by Crippen LogP contribution is -2.24. The van der Waals surface area contributed by atoms with Crippen LogP contribution in [0.2, 0.25) is 0 Å². The van der Waals surface area contributed by atoms with Gasteiger partial charge in [0.05, 0.1) is 6.61 Å². The molecule has 3 N–H and O–H groups in total. The van der Waals surface area contributed by atoms with Crippen molar-refractivity contribution in [3.63, 3.8) is 0 Å². The largest absolute Gasteiger partial charge is 0.396 e. The van der Waals surface area contributed by atoms with Crippen LogP contribution in [-0.2, 0) is 0 Å². The molecule has 0 aromatic carbocycles. The maximum atomic E-state index is 8.73. The predicted molar refractivity (Wildman–Crippen MR) is 38.7 cm³/mol. The molecule has 1 aliphatic rings. The zero-order valence-corrected chi connectivity index (χ0v) is 6.08. The van der Waals surface area contributed by atoms with Crippen molar-refractivity contribution < 1.29 is 10.2 Å². The summed E-state index contributed by atoms with van der Waals surface area (Å²) in [6, 6.07) is 0.275. The summed E-state index contributed by atoms with van der Waals surface area (Å²) in [6.45, 7) is 1.44. The lowest BCUT2D eigenvalue weighted by atomic mass is 10.0. The zero-order chi connectivity index (χ0) is 7.40. The second kappa shape index (κ2) is 3.91. The van der Waals surface area contributed by atoms with E-state index in [1.807, 2.05) is 0 Å². The van der Waals surface area contributed by atoms with Gasteiger partial charge in [-0.25, -0.2) is 0 Å². The molecular formula is C7H15NO2. The molecule has 1 rings (SSSR count). The summed E-state index contributed by atoms with van der Waals surface area (Å²) in [5, 5.41) is 20.5. The molecule has 0 aromatic rings. The van der Waals surface area contributed by atoms with Gasteiger partial charge in [-0.05, 0) is 25.3 Å². The predicted octanol–water partition coefficient (Wildman–Crippen LogP) is -0.661. The van der Waals surface area contributed by atoms with Crippen LogP contribution in [0.25, 0.3) is 0 Å². The molecule has 0 aromatic heterocycles. The smallest absolute Gasteiger partial charge is 0.0584 e. The maximum absolute atomic E-state index is 8.73. The van der Waals surface area contributed by atoms with Crippen LogP contribution in [0, 0.1) is 5.92 Å². The molecule has 1 fully saturated rings. The van der Waals surface area contributed by atoms with E-state index in [9.17, 15) is 0 Å². The summed E-state index contributed by atoms with van der Waals surface area (Å²) in [6.07, 6.45) is 1.88. The average Bonchev–Trinajstić information content (AvgIpc) is 2.37. The molecule has 3 nitrogen and oxygen atoms in total. The molecule has 60 valence electrons. The molecule has 1 aliphatic heterocycles. The van der Waals surface area contributed by atoms with E-state index in [-0.39, 0.29) is 19.3 Å². The second-order valence-corrected chi connectivity index (χ2v) is 2.90. The fourth-order valence-electron chi connectivity index (χ4n) is 1.44. The van der Waals surface area contributed by atoms with E-state index in [1.165, 1.54) is 0 Å². The first-order valence-corrected chi connectivity index (χ1v) is 3.82. The summed E-state index contributed by atoms with van der Waals surface area (Å²) in [4.78, 5) is 0. The first-order chi connectivity index (χ1) is 4.86. The Morgan fingerprint density at radius 2 is 2.20 bits per heavy atom. The first-order valence-electron chi connectivity index (χ1n) is 3.82. The minimum absolute atomic E-state index is 0.224. The maximum Gasteiger partial charge on any atom is 0.0584 e. The fraction of sp³-hybridized carbons (Fsp3) is 1.00. The van der Waals surface area contributed by atoms with Crippen LogP contribution in [0.4, 0.5) is 0 Å². The van der Waals surface area contributed by atoms with Crippen molar-refractivity contribution in [1.29, 1.82) is 0 Å².